The molecule has 0 fully saturated rings. The molecule has 0 N–H and O–H groups in total. The number of carbonyl (C=O) groups is 1. The van der Waals surface area contributed by atoms with Crippen molar-refractivity contribution in [1.82, 2.24) is 4.90 Å². The number of hydrogen-bond acceptors (Lipinski definition) is 2. The minimum Gasteiger partial charge on any atom is -0.338 e. The van der Waals surface area contributed by atoms with Crippen LogP contribution in [0.1, 0.15) is 29.3 Å². The van der Waals surface area contributed by atoms with Crippen molar-refractivity contribution in [2.24, 2.45) is 0 Å². The molecule has 0 saturated heterocycles. The Kier molecular flexibility index (Phi) is 6.22. The van der Waals surface area contributed by atoms with E-state index in [2.05, 4.69) is 29.1 Å². The molecule has 1 rings (SSSR count). The predicted octanol–water partition coefficient (Wildman–Crippen LogP) is 3.97. The molecule has 1 aromatic carbocycles. The average Bonchev–Trinajstić information content (AvgIpc) is 2.34. The fraction of sp³-hybridized carbons (Fsp3) is 0.500. The first-order chi connectivity index (χ1) is 8.51. The molecule has 0 aliphatic carbocycles. The maximum Gasteiger partial charge on any atom is 0.255 e. The molecule has 0 bridgehead atoms. The van der Waals surface area contributed by atoms with E-state index in [9.17, 15) is 4.79 Å². The van der Waals surface area contributed by atoms with E-state index in [1.165, 1.54) is 0 Å². The number of amides is 1. The number of thioether (sulfide) groups is 1. The molecule has 100 valence electrons. The SMILES string of the molecule is CCC(CSC)N(C)C(=O)c1ccc(C)cc1Br. The molecule has 1 amide bonds. The van der Waals surface area contributed by atoms with Gasteiger partial charge in [0.05, 0.1) is 5.56 Å². The van der Waals surface area contributed by atoms with Crippen LogP contribution in [0.15, 0.2) is 22.7 Å². The molecular formula is C14H20BrNOS. The summed E-state index contributed by atoms with van der Waals surface area (Å²) in [6.45, 7) is 4.14. The van der Waals surface area contributed by atoms with Crippen LogP contribution in [-0.2, 0) is 0 Å². The van der Waals surface area contributed by atoms with Crippen LogP contribution in [0.25, 0.3) is 0 Å². The zero-order chi connectivity index (χ0) is 13.7. The van der Waals surface area contributed by atoms with Gasteiger partial charge < -0.3 is 4.90 Å². The summed E-state index contributed by atoms with van der Waals surface area (Å²) in [4.78, 5) is 14.3. The van der Waals surface area contributed by atoms with Gasteiger partial charge in [-0.15, -0.1) is 0 Å². The van der Waals surface area contributed by atoms with Crippen molar-refractivity contribution in [2.45, 2.75) is 26.3 Å². The average molecular weight is 330 g/mol. The van der Waals surface area contributed by atoms with Crippen molar-refractivity contribution in [3.63, 3.8) is 0 Å². The second kappa shape index (κ2) is 7.19. The summed E-state index contributed by atoms with van der Waals surface area (Å²) >= 11 is 5.25. The van der Waals surface area contributed by atoms with Crippen molar-refractivity contribution in [3.05, 3.63) is 33.8 Å². The molecule has 0 aromatic heterocycles. The van der Waals surface area contributed by atoms with E-state index >= 15 is 0 Å². The minimum atomic E-state index is 0.0859. The minimum absolute atomic E-state index is 0.0859. The highest BCUT2D eigenvalue weighted by Crippen LogP contribution is 2.21. The van der Waals surface area contributed by atoms with Gasteiger partial charge in [-0.3, -0.25) is 4.79 Å². The Bertz CT molecular complexity index is 422. The van der Waals surface area contributed by atoms with Gasteiger partial charge in [0.1, 0.15) is 0 Å². The van der Waals surface area contributed by atoms with Crippen molar-refractivity contribution in [1.29, 1.82) is 0 Å². The van der Waals surface area contributed by atoms with Gasteiger partial charge in [0.15, 0.2) is 0 Å². The smallest absolute Gasteiger partial charge is 0.255 e. The van der Waals surface area contributed by atoms with Crippen LogP contribution in [0.2, 0.25) is 0 Å². The van der Waals surface area contributed by atoms with E-state index in [1.807, 2.05) is 37.1 Å². The number of nitrogens with zero attached hydrogens (tertiary/aromatic N) is 1. The molecule has 0 spiro atoms. The molecule has 4 heteroatoms. The lowest BCUT2D eigenvalue weighted by atomic mass is 10.1. The van der Waals surface area contributed by atoms with Crippen LogP contribution in [0.5, 0.6) is 0 Å². The summed E-state index contributed by atoms with van der Waals surface area (Å²) in [5.74, 6) is 1.06. The van der Waals surface area contributed by atoms with Crippen LogP contribution >= 0.6 is 27.7 Å². The Morgan fingerprint density at radius 1 is 1.50 bits per heavy atom. The largest absolute Gasteiger partial charge is 0.338 e. The number of benzene rings is 1. The first kappa shape index (κ1) is 15.6. The maximum absolute atomic E-state index is 12.4. The highest BCUT2D eigenvalue weighted by atomic mass is 79.9. The normalized spacial score (nSPS) is 12.3. The third kappa shape index (κ3) is 3.75. The lowest BCUT2D eigenvalue weighted by molar-refractivity contribution is 0.0742. The third-order valence-electron chi connectivity index (χ3n) is 3.05. The van der Waals surface area contributed by atoms with Gasteiger partial charge in [0.25, 0.3) is 5.91 Å². The van der Waals surface area contributed by atoms with Crippen molar-refractivity contribution in [3.8, 4) is 0 Å². The number of rotatable bonds is 5. The van der Waals surface area contributed by atoms with Gasteiger partial charge in [0, 0.05) is 23.3 Å². The van der Waals surface area contributed by atoms with Gasteiger partial charge in [-0.1, -0.05) is 13.0 Å². The van der Waals surface area contributed by atoms with Gasteiger partial charge in [-0.2, -0.15) is 11.8 Å². The zero-order valence-corrected chi connectivity index (χ0v) is 13.8. The predicted molar refractivity (Wildman–Crippen MR) is 83.4 cm³/mol. The fourth-order valence-corrected chi connectivity index (χ4v) is 3.35. The van der Waals surface area contributed by atoms with Crippen LogP contribution in [0, 0.1) is 6.92 Å². The summed E-state index contributed by atoms with van der Waals surface area (Å²) in [6, 6.07) is 6.14. The fourth-order valence-electron chi connectivity index (χ4n) is 1.85. The Morgan fingerprint density at radius 2 is 2.17 bits per heavy atom. The van der Waals surface area contributed by atoms with Crippen LogP contribution in [0.4, 0.5) is 0 Å². The monoisotopic (exact) mass is 329 g/mol. The highest BCUT2D eigenvalue weighted by Gasteiger charge is 2.20. The van der Waals surface area contributed by atoms with E-state index < -0.39 is 0 Å². The van der Waals surface area contributed by atoms with Crippen molar-refractivity contribution in [2.75, 3.05) is 19.1 Å². The Hall–Kier alpha value is -0.480. The Balaban J connectivity index is 2.91. The first-order valence-corrected chi connectivity index (χ1v) is 8.22. The molecule has 1 unspecified atom stereocenters. The van der Waals surface area contributed by atoms with E-state index in [-0.39, 0.29) is 5.91 Å². The number of aryl methyl sites for hydroxylation is 1. The highest BCUT2D eigenvalue weighted by molar-refractivity contribution is 9.10. The first-order valence-electron chi connectivity index (χ1n) is 6.03. The van der Waals surface area contributed by atoms with Crippen LogP contribution in [0.3, 0.4) is 0 Å². The number of hydrogen-bond donors (Lipinski definition) is 0. The summed E-state index contributed by atoms with van der Waals surface area (Å²) in [5, 5.41) is 0. The molecule has 1 aromatic rings. The molecule has 0 saturated carbocycles. The summed E-state index contributed by atoms with van der Waals surface area (Å²) in [5.41, 5.74) is 1.89. The molecule has 2 nitrogen and oxygen atoms in total. The summed E-state index contributed by atoms with van der Waals surface area (Å²) in [7, 11) is 1.89. The lowest BCUT2D eigenvalue weighted by Crippen LogP contribution is -2.38. The van der Waals surface area contributed by atoms with Crippen LogP contribution < -0.4 is 0 Å². The number of halogens is 1. The number of carbonyl (C=O) groups excluding carboxylic acids is 1. The summed E-state index contributed by atoms with van der Waals surface area (Å²) < 4.78 is 0.873. The molecular weight excluding hydrogens is 310 g/mol. The van der Waals surface area contributed by atoms with E-state index in [1.54, 1.807) is 11.8 Å². The summed E-state index contributed by atoms with van der Waals surface area (Å²) in [6.07, 6.45) is 3.05. The Morgan fingerprint density at radius 3 is 2.67 bits per heavy atom. The van der Waals surface area contributed by atoms with Gasteiger partial charge in [-0.25, -0.2) is 0 Å². The second-order valence-corrected chi connectivity index (χ2v) is 6.18. The van der Waals surface area contributed by atoms with E-state index in [4.69, 9.17) is 0 Å². The van der Waals surface area contributed by atoms with Gasteiger partial charge in [0.2, 0.25) is 0 Å². The quantitative estimate of drug-likeness (QED) is 0.814. The van der Waals surface area contributed by atoms with Gasteiger partial charge in [-0.05, 0) is 53.2 Å². The molecule has 0 radical (unpaired) electrons. The maximum atomic E-state index is 12.4. The molecule has 0 aliphatic rings. The van der Waals surface area contributed by atoms with Crippen molar-refractivity contribution < 1.29 is 4.79 Å². The molecule has 18 heavy (non-hydrogen) atoms. The topological polar surface area (TPSA) is 20.3 Å². The third-order valence-corrected chi connectivity index (χ3v) is 4.43. The van der Waals surface area contributed by atoms with Crippen LogP contribution in [-0.4, -0.2) is 35.9 Å². The molecule has 1 atom stereocenters. The standard InChI is InChI=1S/C14H20BrNOS/c1-5-11(9-18-4)16(3)14(17)12-7-6-10(2)8-13(12)15/h6-8,11H,5,9H2,1-4H3. The lowest BCUT2D eigenvalue weighted by Gasteiger charge is -2.27. The van der Waals surface area contributed by atoms with E-state index in [0.29, 0.717) is 6.04 Å². The van der Waals surface area contributed by atoms with E-state index in [0.717, 1.165) is 27.8 Å². The Labute approximate surface area is 122 Å². The zero-order valence-electron chi connectivity index (χ0n) is 11.4. The van der Waals surface area contributed by atoms with Gasteiger partial charge >= 0.3 is 0 Å². The second-order valence-electron chi connectivity index (χ2n) is 4.42. The van der Waals surface area contributed by atoms with Crippen molar-refractivity contribution >= 4 is 33.6 Å². The molecule has 0 heterocycles. The molecule has 0 aliphatic heterocycles.